The third kappa shape index (κ3) is 7.96. The number of carbonyl (C=O) groups is 4. The Morgan fingerprint density at radius 2 is 1.81 bits per heavy atom. The highest BCUT2D eigenvalue weighted by Gasteiger charge is 2.46. The van der Waals surface area contributed by atoms with Crippen LogP contribution in [0, 0.1) is 0 Å². The van der Waals surface area contributed by atoms with Gasteiger partial charge in [0.1, 0.15) is 23.7 Å². The van der Waals surface area contributed by atoms with Gasteiger partial charge in [0.25, 0.3) is 0 Å². The second kappa shape index (κ2) is 13.9. The molecule has 43 heavy (non-hydrogen) atoms. The van der Waals surface area contributed by atoms with E-state index in [-0.39, 0.29) is 36.4 Å². The molecule has 3 aliphatic rings. The molecule has 0 spiro atoms. The minimum Gasteiger partial charge on any atom is -0.444 e. The molecule has 1 aromatic carbocycles. The molecule has 1 aromatic rings. The van der Waals surface area contributed by atoms with Crippen molar-refractivity contribution in [1.82, 2.24) is 20.4 Å². The van der Waals surface area contributed by atoms with Crippen molar-refractivity contribution < 1.29 is 28.7 Å². The summed E-state index contributed by atoms with van der Waals surface area (Å²) in [4.78, 5) is 56.9. The van der Waals surface area contributed by atoms with Crippen LogP contribution < -0.4 is 10.6 Å². The average Bonchev–Trinajstić information content (AvgIpc) is 3.39. The van der Waals surface area contributed by atoms with Gasteiger partial charge in [-0.1, -0.05) is 30.3 Å². The summed E-state index contributed by atoms with van der Waals surface area (Å²) in [6, 6.07) is 5.58. The SMILES string of the molecule is C=CCO[C@@H]1CC[C@H]2CC[C@@H](C(=O)N[C@@H]3CCCc4ccccc43)N2C(=O)[C@@H](NC(=O)[C@H](C)N(C)C(=O)OC(C)(C)C)C1. The van der Waals surface area contributed by atoms with E-state index in [0.29, 0.717) is 32.3 Å². The van der Waals surface area contributed by atoms with Gasteiger partial charge in [0.15, 0.2) is 0 Å². The lowest BCUT2D eigenvalue weighted by molar-refractivity contribution is -0.146. The summed E-state index contributed by atoms with van der Waals surface area (Å²) in [5.41, 5.74) is 1.68. The minimum absolute atomic E-state index is 0.0854. The Labute approximate surface area is 255 Å². The predicted molar refractivity (Wildman–Crippen MR) is 163 cm³/mol. The molecule has 236 valence electrons. The zero-order valence-corrected chi connectivity index (χ0v) is 26.3. The number of amides is 4. The fourth-order valence-electron chi connectivity index (χ4n) is 6.41. The molecule has 0 aromatic heterocycles. The van der Waals surface area contributed by atoms with Crippen LogP contribution in [0.15, 0.2) is 36.9 Å². The highest BCUT2D eigenvalue weighted by molar-refractivity contribution is 5.94. The maximum absolute atomic E-state index is 14.2. The van der Waals surface area contributed by atoms with Crippen LogP contribution in [0.3, 0.4) is 0 Å². The van der Waals surface area contributed by atoms with Crippen molar-refractivity contribution in [3.63, 3.8) is 0 Å². The van der Waals surface area contributed by atoms with Gasteiger partial charge in [0, 0.05) is 19.5 Å². The number of benzene rings is 1. The lowest BCUT2D eigenvalue weighted by Crippen LogP contribution is -2.59. The van der Waals surface area contributed by atoms with Gasteiger partial charge in [0.05, 0.1) is 18.8 Å². The third-order valence-corrected chi connectivity index (χ3v) is 8.77. The van der Waals surface area contributed by atoms with Crippen molar-refractivity contribution in [1.29, 1.82) is 0 Å². The molecule has 1 aliphatic carbocycles. The van der Waals surface area contributed by atoms with E-state index >= 15 is 0 Å². The zero-order valence-electron chi connectivity index (χ0n) is 26.3. The summed E-state index contributed by atoms with van der Waals surface area (Å²) in [6.07, 6.45) is 6.54. The molecule has 0 unspecified atom stereocenters. The van der Waals surface area contributed by atoms with Crippen LogP contribution in [0.5, 0.6) is 0 Å². The van der Waals surface area contributed by atoms with E-state index in [2.05, 4.69) is 29.3 Å². The maximum Gasteiger partial charge on any atom is 0.410 e. The minimum atomic E-state index is -0.914. The first-order valence-electron chi connectivity index (χ1n) is 15.6. The summed E-state index contributed by atoms with van der Waals surface area (Å²) < 4.78 is 11.4. The molecule has 10 heteroatoms. The van der Waals surface area contributed by atoms with Gasteiger partial charge in [-0.2, -0.15) is 0 Å². The first-order chi connectivity index (χ1) is 20.4. The first-order valence-corrected chi connectivity index (χ1v) is 15.6. The molecule has 2 fully saturated rings. The maximum atomic E-state index is 14.2. The van der Waals surface area contributed by atoms with E-state index in [9.17, 15) is 19.2 Å². The highest BCUT2D eigenvalue weighted by Crippen LogP contribution is 2.34. The van der Waals surface area contributed by atoms with Crippen LogP contribution in [-0.2, 0) is 30.3 Å². The molecule has 0 bridgehead atoms. The Morgan fingerprint density at radius 1 is 1.09 bits per heavy atom. The van der Waals surface area contributed by atoms with Gasteiger partial charge in [-0.25, -0.2) is 4.79 Å². The summed E-state index contributed by atoms with van der Waals surface area (Å²) in [5, 5.41) is 6.14. The van der Waals surface area contributed by atoms with Crippen molar-refractivity contribution in [3.05, 3.63) is 48.0 Å². The molecule has 2 N–H and O–H groups in total. The Kier molecular flexibility index (Phi) is 10.5. The standard InChI is InChI=1S/C33H48N4O6/c1-7-19-42-24-17-15-23-16-18-28(30(39)34-26-14-10-12-22-11-8-9-13-25(22)26)37(23)31(40)27(20-24)35-29(38)21(2)36(6)32(41)43-33(3,4)5/h7-9,11,13,21,23-24,26-28H,1,10,12,14-20H2,2-6H3,(H,34,39)(H,35,38)/t21-,23-,24+,26+,27-,28-/m0/s1. The number of hydrogen-bond donors (Lipinski definition) is 2. The Morgan fingerprint density at radius 3 is 2.53 bits per heavy atom. The molecule has 0 radical (unpaired) electrons. The number of nitrogens with zero attached hydrogens (tertiary/aromatic N) is 2. The van der Waals surface area contributed by atoms with Crippen molar-refractivity contribution in [2.75, 3.05) is 13.7 Å². The molecular formula is C33H48N4O6. The van der Waals surface area contributed by atoms with Crippen molar-refractivity contribution >= 4 is 23.8 Å². The fraction of sp³-hybridized carbons (Fsp3) is 0.636. The number of ether oxygens (including phenoxy) is 2. The van der Waals surface area contributed by atoms with Crippen LogP contribution in [0.2, 0.25) is 0 Å². The molecule has 0 saturated carbocycles. The highest BCUT2D eigenvalue weighted by atomic mass is 16.6. The van der Waals surface area contributed by atoms with Gasteiger partial charge in [-0.05, 0) is 83.8 Å². The Bertz CT molecular complexity index is 1200. The number of carbonyl (C=O) groups excluding carboxylic acids is 4. The molecule has 2 saturated heterocycles. The molecule has 10 nitrogen and oxygen atoms in total. The van der Waals surface area contributed by atoms with Gasteiger partial charge in [-0.3, -0.25) is 19.3 Å². The number of fused-ring (bicyclic) bond motifs is 2. The van der Waals surface area contributed by atoms with Gasteiger partial charge < -0.3 is 25.0 Å². The molecular weight excluding hydrogens is 548 g/mol. The van der Waals surface area contributed by atoms with Crippen molar-refractivity contribution in [2.24, 2.45) is 0 Å². The molecule has 2 aliphatic heterocycles. The largest absolute Gasteiger partial charge is 0.444 e. The van der Waals surface area contributed by atoms with E-state index in [4.69, 9.17) is 9.47 Å². The van der Waals surface area contributed by atoms with Crippen LogP contribution >= 0.6 is 0 Å². The smallest absolute Gasteiger partial charge is 0.410 e. The molecule has 2 heterocycles. The predicted octanol–water partition coefficient (Wildman–Crippen LogP) is 4.04. The summed E-state index contributed by atoms with van der Waals surface area (Å²) in [7, 11) is 1.49. The number of aryl methyl sites for hydroxylation is 1. The molecule has 6 atom stereocenters. The summed E-state index contributed by atoms with van der Waals surface area (Å²) >= 11 is 0. The third-order valence-electron chi connectivity index (χ3n) is 8.77. The van der Waals surface area contributed by atoms with Crippen LogP contribution in [0.4, 0.5) is 4.79 Å². The summed E-state index contributed by atoms with van der Waals surface area (Å²) in [6.45, 7) is 10.9. The van der Waals surface area contributed by atoms with Crippen LogP contribution in [0.25, 0.3) is 0 Å². The van der Waals surface area contributed by atoms with E-state index in [0.717, 1.165) is 24.8 Å². The number of rotatable bonds is 8. The average molecular weight is 597 g/mol. The van der Waals surface area contributed by atoms with Gasteiger partial charge in [-0.15, -0.1) is 6.58 Å². The molecule has 4 amide bonds. The Hall–Kier alpha value is -3.40. The first kappa shape index (κ1) is 32.5. The van der Waals surface area contributed by atoms with E-state index in [1.165, 1.54) is 17.5 Å². The van der Waals surface area contributed by atoms with E-state index in [1.54, 1.807) is 38.7 Å². The van der Waals surface area contributed by atoms with E-state index in [1.807, 2.05) is 12.1 Å². The number of likely N-dealkylation sites (N-methyl/N-ethyl adjacent to an activating group) is 1. The van der Waals surface area contributed by atoms with Gasteiger partial charge >= 0.3 is 6.09 Å². The summed E-state index contributed by atoms with van der Waals surface area (Å²) in [5.74, 6) is -0.926. The normalized spacial score (nSPS) is 26.2. The van der Waals surface area contributed by atoms with Gasteiger partial charge in [0.2, 0.25) is 17.7 Å². The lowest BCUT2D eigenvalue weighted by atomic mass is 9.87. The van der Waals surface area contributed by atoms with Crippen molar-refractivity contribution in [3.8, 4) is 0 Å². The number of nitrogens with one attached hydrogen (secondary N) is 2. The lowest BCUT2D eigenvalue weighted by Gasteiger charge is -2.38. The van der Waals surface area contributed by atoms with Crippen molar-refractivity contribution in [2.45, 2.75) is 121 Å². The topological polar surface area (TPSA) is 117 Å². The second-order valence-corrected chi connectivity index (χ2v) is 13.0. The molecule has 4 rings (SSSR count). The number of hydrogen-bond acceptors (Lipinski definition) is 6. The van der Waals surface area contributed by atoms with Crippen LogP contribution in [0.1, 0.15) is 89.8 Å². The monoisotopic (exact) mass is 596 g/mol. The quantitative estimate of drug-likeness (QED) is 0.438. The zero-order chi connectivity index (χ0) is 31.3. The Balaban J connectivity index is 1.51. The van der Waals surface area contributed by atoms with E-state index < -0.39 is 35.7 Å². The second-order valence-electron chi connectivity index (χ2n) is 13.0. The fourth-order valence-corrected chi connectivity index (χ4v) is 6.41. The van der Waals surface area contributed by atoms with Crippen LogP contribution in [-0.4, -0.2) is 83.1 Å².